The first kappa shape index (κ1) is 14.0. The van der Waals surface area contributed by atoms with Gasteiger partial charge in [0, 0.05) is 11.7 Å². The fraction of sp³-hybridized carbons (Fsp3) is 0.667. The largest absolute Gasteiger partial charge is 0.365 e. The lowest BCUT2D eigenvalue weighted by atomic mass is 9.82. The fourth-order valence-electron chi connectivity index (χ4n) is 2.54. The number of nitrogens with zero attached hydrogens (tertiary/aromatic N) is 1. The van der Waals surface area contributed by atoms with Gasteiger partial charge in [-0.05, 0) is 50.7 Å². The van der Waals surface area contributed by atoms with Gasteiger partial charge in [-0.1, -0.05) is 26.8 Å². The van der Waals surface area contributed by atoms with Crippen molar-refractivity contribution in [3.05, 3.63) is 23.4 Å². The van der Waals surface area contributed by atoms with Crippen molar-refractivity contribution in [1.29, 1.82) is 0 Å². The molecule has 0 aliphatic heterocycles. The summed E-state index contributed by atoms with van der Waals surface area (Å²) in [6.45, 7) is 15.5. The number of aryl methyl sites for hydroxylation is 2. The zero-order valence-corrected chi connectivity index (χ0v) is 12.3. The Morgan fingerprint density at radius 2 is 1.71 bits per heavy atom. The van der Waals surface area contributed by atoms with Crippen LogP contribution in [0.3, 0.4) is 0 Å². The Morgan fingerprint density at radius 3 is 2.18 bits per heavy atom. The molecule has 0 radical (unpaired) electrons. The van der Waals surface area contributed by atoms with Gasteiger partial charge in [0.2, 0.25) is 0 Å². The maximum absolute atomic E-state index is 4.48. The summed E-state index contributed by atoms with van der Waals surface area (Å²) in [4.78, 5) is 4.48. The summed E-state index contributed by atoms with van der Waals surface area (Å²) in [6.07, 6.45) is 3.03. The van der Waals surface area contributed by atoms with Crippen LogP contribution < -0.4 is 5.32 Å². The van der Waals surface area contributed by atoms with Crippen LogP contribution in [0.15, 0.2) is 12.3 Å². The minimum atomic E-state index is 0.0608. The summed E-state index contributed by atoms with van der Waals surface area (Å²) in [5, 5.41) is 3.56. The highest BCUT2D eigenvalue weighted by Gasteiger charge is 2.25. The van der Waals surface area contributed by atoms with Crippen molar-refractivity contribution in [1.82, 2.24) is 4.98 Å². The van der Waals surface area contributed by atoms with E-state index in [1.54, 1.807) is 0 Å². The Balaban J connectivity index is 2.83. The first-order valence-electron chi connectivity index (χ1n) is 6.30. The summed E-state index contributed by atoms with van der Waals surface area (Å²) in [5.74, 6) is 1.00. The van der Waals surface area contributed by atoms with Crippen molar-refractivity contribution in [3.63, 3.8) is 0 Å². The average molecular weight is 234 g/mol. The molecule has 2 nitrogen and oxygen atoms in total. The van der Waals surface area contributed by atoms with Crippen LogP contribution >= 0.6 is 0 Å². The highest BCUT2D eigenvalue weighted by atomic mass is 15.0. The Bertz CT molecular complexity index is 386. The maximum atomic E-state index is 4.48. The highest BCUT2D eigenvalue weighted by molar-refractivity contribution is 5.46. The molecule has 1 aromatic rings. The van der Waals surface area contributed by atoms with Crippen molar-refractivity contribution in [2.45, 2.75) is 60.4 Å². The van der Waals surface area contributed by atoms with E-state index in [0.717, 1.165) is 12.2 Å². The fourth-order valence-corrected chi connectivity index (χ4v) is 2.54. The predicted molar refractivity (Wildman–Crippen MR) is 75.5 cm³/mol. The van der Waals surface area contributed by atoms with Gasteiger partial charge in [0.1, 0.15) is 5.82 Å². The minimum Gasteiger partial charge on any atom is -0.365 e. The van der Waals surface area contributed by atoms with Gasteiger partial charge < -0.3 is 5.32 Å². The van der Waals surface area contributed by atoms with Gasteiger partial charge in [0.15, 0.2) is 0 Å². The van der Waals surface area contributed by atoms with E-state index in [9.17, 15) is 0 Å². The monoisotopic (exact) mass is 234 g/mol. The number of rotatable bonds is 3. The molecule has 0 fully saturated rings. The van der Waals surface area contributed by atoms with Crippen LogP contribution in [0.25, 0.3) is 0 Å². The van der Waals surface area contributed by atoms with E-state index in [1.807, 2.05) is 6.20 Å². The average Bonchev–Trinajstić information content (AvgIpc) is 2.05. The number of anilines is 1. The lowest BCUT2D eigenvalue weighted by Crippen LogP contribution is -2.36. The summed E-state index contributed by atoms with van der Waals surface area (Å²) < 4.78 is 0. The smallest absolute Gasteiger partial charge is 0.129 e. The zero-order valence-electron chi connectivity index (χ0n) is 12.3. The van der Waals surface area contributed by atoms with Crippen LogP contribution in [0.2, 0.25) is 0 Å². The molecule has 17 heavy (non-hydrogen) atoms. The van der Waals surface area contributed by atoms with E-state index in [4.69, 9.17) is 0 Å². The van der Waals surface area contributed by atoms with Gasteiger partial charge in [-0.25, -0.2) is 4.98 Å². The van der Waals surface area contributed by atoms with Crippen molar-refractivity contribution >= 4 is 5.82 Å². The summed E-state index contributed by atoms with van der Waals surface area (Å²) in [6, 6.07) is 2.17. The van der Waals surface area contributed by atoms with E-state index in [-0.39, 0.29) is 5.54 Å². The molecule has 0 saturated heterocycles. The Kier molecular flexibility index (Phi) is 3.85. The Hall–Kier alpha value is -1.05. The molecule has 0 aromatic carbocycles. The zero-order chi connectivity index (χ0) is 13.3. The molecule has 0 aliphatic carbocycles. The third-order valence-electron chi connectivity index (χ3n) is 2.64. The third kappa shape index (κ3) is 4.76. The topological polar surface area (TPSA) is 24.9 Å². The molecule has 0 aliphatic rings. The standard InChI is InChI=1S/C15H26N2/c1-11-8-12(2)13(16-9-11)17-15(6,7)10-14(3,4)5/h8-9H,10H2,1-7H3,(H,16,17). The first-order chi connectivity index (χ1) is 7.59. The number of pyridine rings is 1. The molecule has 1 aromatic heterocycles. The SMILES string of the molecule is Cc1cnc(NC(C)(C)CC(C)(C)C)c(C)c1. The van der Waals surface area contributed by atoms with Gasteiger partial charge in [0.05, 0.1) is 0 Å². The second-order valence-electron chi connectivity index (χ2n) is 6.92. The lowest BCUT2D eigenvalue weighted by Gasteiger charge is -2.34. The van der Waals surface area contributed by atoms with E-state index in [2.05, 4.69) is 64.8 Å². The quantitative estimate of drug-likeness (QED) is 0.842. The van der Waals surface area contributed by atoms with Crippen molar-refractivity contribution in [2.75, 3.05) is 5.32 Å². The minimum absolute atomic E-state index is 0.0608. The third-order valence-corrected chi connectivity index (χ3v) is 2.64. The van der Waals surface area contributed by atoms with Crippen LogP contribution in [0.5, 0.6) is 0 Å². The molecule has 1 N–H and O–H groups in total. The number of aromatic nitrogens is 1. The number of hydrogen-bond donors (Lipinski definition) is 1. The van der Waals surface area contributed by atoms with Crippen molar-refractivity contribution in [3.8, 4) is 0 Å². The highest BCUT2D eigenvalue weighted by Crippen LogP contribution is 2.29. The molecule has 0 atom stereocenters. The van der Waals surface area contributed by atoms with Crippen LogP contribution in [-0.4, -0.2) is 10.5 Å². The van der Waals surface area contributed by atoms with Crippen LogP contribution in [0.4, 0.5) is 5.82 Å². The van der Waals surface area contributed by atoms with Gasteiger partial charge in [0.25, 0.3) is 0 Å². The van der Waals surface area contributed by atoms with Crippen molar-refractivity contribution in [2.24, 2.45) is 5.41 Å². The maximum Gasteiger partial charge on any atom is 0.129 e. The van der Waals surface area contributed by atoms with E-state index in [0.29, 0.717) is 5.41 Å². The van der Waals surface area contributed by atoms with Gasteiger partial charge in [-0.3, -0.25) is 0 Å². The molecule has 2 heteroatoms. The normalized spacial score (nSPS) is 12.6. The summed E-state index contributed by atoms with van der Waals surface area (Å²) in [5.41, 5.74) is 2.80. The molecule has 0 unspecified atom stereocenters. The summed E-state index contributed by atoms with van der Waals surface area (Å²) in [7, 11) is 0. The number of nitrogens with one attached hydrogen (secondary N) is 1. The predicted octanol–water partition coefficient (Wildman–Crippen LogP) is 4.33. The number of hydrogen-bond acceptors (Lipinski definition) is 2. The summed E-state index contributed by atoms with van der Waals surface area (Å²) >= 11 is 0. The lowest BCUT2D eigenvalue weighted by molar-refractivity contribution is 0.302. The molecule has 0 spiro atoms. The molecule has 96 valence electrons. The van der Waals surface area contributed by atoms with Crippen molar-refractivity contribution < 1.29 is 0 Å². The Labute approximate surface area is 106 Å². The first-order valence-corrected chi connectivity index (χ1v) is 6.30. The van der Waals surface area contributed by atoms with Gasteiger partial charge in [-0.2, -0.15) is 0 Å². The van der Waals surface area contributed by atoms with E-state index in [1.165, 1.54) is 11.1 Å². The van der Waals surface area contributed by atoms with Crippen LogP contribution in [0.1, 0.15) is 52.2 Å². The second-order valence-corrected chi connectivity index (χ2v) is 6.92. The molecule has 0 bridgehead atoms. The van der Waals surface area contributed by atoms with Crippen LogP contribution in [-0.2, 0) is 0 Å². The van der Waals surface area contributed by atoms with Gasteiger partial charge >= 0.3 is 0 Å². The van der Waals surface area contributed by atoms with E-state index < -0.39 is 0 Å². The Morgan fingerprint density at radius 1 is 1.12 bits per heavy atom. The molecule has 1 rings (SSSR count). The van der Waals surface area contributed by atoms with Crippen LogP contribution in [0, 0.1) is 19.3 Å². The molecule has 0 amide bonds. The molecular formula is C15H26N2. The molecule has 1 heterocycles. The van der Waals surface area contributed by atoms with E-state index >= 15 is 0 Å². The second kappa shape index (κ2) is 4.67. The molecular weight excluding hydrogens is 208 g/mol. The molecule has 0 saturated carbocycles. The van der Waals surface area contributed by atoms with Gasteiger partial charge in [-0.15, -0.1) is 0 Å².